The quantitative estimate of drug-likeness (QED) is 0.848. The number of nitrogens with one attached hydrogen (secondary N) is 1. The minimum absolute atomic E-state index is 0.107. The smallest absolute Gasteiger partial charge is 0.349 e. The highest BCUT2D eigenvalue weighted by Crippen LogP contribution is 2.33. The second kappa shape index (κ2) is 6.46. The molecule has 0 bridgehead atoms. The van der Waals surface area contributed by atoms with Crippen molar-refractivity contribution in [3.05, 3.63) is 55.8 Å². The third kappa shape index (κ3) is 3.13. The molecular formula is C14H15Cl2N3O3. The van der Waals surface area contributed by atoms with Crippen molar-refractivity contribution in [2.45, 2.75) is 26.5 Å². The third-order valence-electron chi connectivity index (χ3n) is 2.78. The maximum Gasteiger partial charge on any atom is 0.349 e. The van der Waals surface area contributed by atoms with Gasteiger partial charge >= 0.3 is 11.4 Å². The van der Waals surface area contributed by atoms with Crippen molar-refractivity contribution in [3.8, 4) is 11.4 Å². The number of halogens is 2. The highest BCUT2D eigenvalue weighted by atomic mass is 35.5. The Morgan fingerprint density at radius 2 is 1.95 bits per heavy atom. The zero-order chi connectivity index (χ0) is 16.4. The third-order valence-corrected chi connectivity index (χ3v) is 3.37. The summed E-state index contributed by atoms with van der Waals surface area (Å²) in [6, 6.07) is 3.00. The van der Waals surface area contributed by atoms with Crippen LogP contribution in [0, 0.1) is 0 Å². The second-order valence-electron chi connectivity index (χ2n) is 4.82. The molecule has 0 spiro atoms. The van der Waals surface area contributed by atoms with Crippen molar-refractivity contribution in [2.75, 3.05) is 0 Å². The van der Waals surface area contributed by atoms with E-state index in [1.807, 2.05) is 13.8 Å². The first-order chi connectivity index (χ1) is 10.3. The SMILES string of the molecule is C=CCn1c(=O)[nH]c(=O)n1-c1cc(OC(C)C)c(Cl)cc1Cl. The average molecular weight is 344 g/mol. The number of nitrogens with zero attached hydrogens (tertiary/aromatic N) is 2. The van der Waals surface area contributed by atoms with Gasteiger partial charge in [0.05, 0.1) is 28.4 Å². The van der Waals surface area contributed by atoms with E-state index in [0.717, 1.165) is 4.68 Å². The zero-order valence-corrected chi connectivity index (χ0v) is 13.6. The van der Waals surface area contributed by atoms with Gasteiger partial charge in [0, 0.05) is 6.07 Å². The summed E-state index contributed by atoms with van der Waals surface area (Å²) < 4.78 is 7.90. The monoisotopic (exact) mass is 343 g/mol. The number of rotatable bonds is 5. The summed E-state index contributed by atoms with van der Waals surface area (Å²) in [5.41, 5.74) is -0.860. The highest BCUT2D eigenvalue weighted by Gasteiger charge is 2.16. The first-order valence-corrected chi connectivity index (χ1v) is 7.29. The maximum absolute atomic E-state index is 12.0. The number of hydrogen-bond acceptors (Lipinski definition) is 3. The van der Waals surface area contributed by atoms with Gasteiger partial charge in [0.1, 0.15) is 5.75 Å². The fourth-order valence-electron chi connectivity index (χ4n) is 1.96. The summed E-state index contributed by atoms with van der Waals surface area (Å²) in [6.45, 7) is 7.41. The van der Waals surface area contributed by atoms with Crippen LogP contribution in [-0.4, -0.2) is 20.5 Å². The molecule has 0 saturated heterocycles. The predicted octanol–water partition coefficient (Wildman–Crippen LogP) is 2.61. The van der Waals surface area contributed by atoms with Gasteiger partial charge in [0.25, 0.3) is 0 Å². The summed E-state index contributed by atoms with van der Waals surface area (Å²) >= 11 is 12.3. The molecule has 1 heterocycles. The number of aromatic amines is 1. The van der Waals surface area contributed by atoms with E-state index in [-0.39, 0.29) is 17.7 Å². The number of ether oxygens (including phenoxy) is 1. The van der Waals surface area contributed by atoms with Crippen molar-refractivity contribution >= 4 is 23.2 Å². The molecule has 0 unspecified atom stereocenters. The van der Waals surface area contributed by atoms with Crippen molar-refractivity contribution in [3.63, 3.8) is 0 Å². The van der Waals surface area contributed by atoms with Crippen LogP contribution in [0.1, 0.15) is 13.8 Å². The fraction of sp³-hybridized carbons (Fsp3) is 0.286. The van der Waals surface area contributed by atoms with Gasteiger partial charge in [-0.3, -0.25) is 4.98 Å². The van der Waals surface area contributed by atoms with Crippen LogP contribution in [0.5, 0.6) is 5.75 Å². The molecule has 0 aliphatic heterocycles. The second-order valence-corrected chi connectivity index (χ2v) is 5.63. The van der Waals surface area contributed by atoms with E-state index in [0.29, 0.717) is 16.5 Å². The summed E-state index contributed by atoms with van der Waals surface area (Å²) in [7, 11) is 0. The molecule has 0 amide bonds. The summed E-state index contributed by atoms with van der Waals surface area (Å²) in [5.74, 6) is 0.377. The Kier molecular flexibility index (Phi) is 4.83. The van der Waals surface area contributed by atoms with Crippen LogP contribution in [0.15, 0.2) is 34.4 Å². The Bertz CT molecular complexity index is 818. The molecule has 0 atom stereocenters. The Morgan fingerprint density at radius 3 is 2.55 bits per heavy atom. The molecule has 8 heteroatoms. The summed E-state index contributed by atoms with van der Waals surface area (Å²) in [5, 5.41) is 0.545. The number of H-pyrrole nitrogens is 1. The van der Waals surface area contributed by atoms with Gasteiger partial charge in [0.15, 0.2) is 0 Å². The van der Waals surface area contributed by atoms with Gasteiger partial charge in [-0.2, -0.15) is 4.68 Å². The highest BCUT2D eigenvalue weighted by molar-refractivity contribution is 6.36. The molecule has 0 aliphatic rings. The number of benzene rings is 1. The zero-order valence-electron chi connectivity index (χ0n) is 12.1. The number of hydrogen-bond donors (Lipinski definition) is 1. The Labute approximate surface area is 136 Å². The molecule has 0 saturated carbocycles. The molecule has 1 N–H and O–H groups in total. The Balaban J connectivity index is 2.70. The molecule has 0 fully saturated rings. The molecule has 22 heavy (non-hydrogen) atoms. The van der Waals surface area contributed by atoms with Crippen LogP contribution in [0.3, 0.4) is 0 Å². The van der Waals surface area contributed by atoms with E-state index in [4.69, 9.17) is 27.9 Å². The standard InChI is InChI=1S/C14H15Cl2N3O3/c1-4-5-18-13(20)17-14(21)19(18)11-7-12(22-8(2)3)10(16)6-9(11)15/h4,6-8H,1,5H2,2-3H3,(H,17,20,21). The first-order valence-electron chi connectivity index (χ1n) is 6.54. The molecule has 0 aliphatic carbocycles. The van der Waals surface area contributed by atoms with Gasteiger partial charge in [-0.25, -0.2) is 14.3 Å². The van der Waals surface area contributed by atoms with Crippen molar-refractivity contribution in [2.24, 2.45) is 0 Å². The van der Waals surface area contributed by atoms with Crippen molar-refractivity contribution in [1.29, 1.82) is 0 Å². The van der Waals surface area contributed by atoms with Crippen LogP contribution in [0.4, 0.5) is 0 Å². The topological polar surface area (TPSA) is 69.0 Å². The molecule has 1 aromatic heterocycles. The molecule has 2 rings (SSSR count). The lowest BCUT2D eigenvalue weighted by molar-refractivity contribution is 0.242. The minimum Gasteiger partial charge on any atom is -0.489 e. The van der Waals surface area contributed by atoms with E-state index < -0.39 is 11.4 Å². The normalized spacial score (nSPS) is 11.0. The average Bonchev–Trinajstić information content (AvgIpc) is 2.68. The van der Waals surface area contributed by atoms with Gasteiger partial charge in [-0.1, -0.05) is 29.3 Å². The lowest BCUT2D eigenvalue weighted by Gasteiger charge is -2.15. The van der Waals surface area contributed by atoms with Crippen LogP contribution >= 0.6 is 23.2 Å². The molecule has 2 aromatic rings. The van der Waals surface area contributed by atoms with E-state index in [9.17, 15) is 9.59 Å². The predicted molar refractivity (Wildman–Crippen MR) is 86.6 cm³/mol. The molecule has 0 radical (unpaired) electrons. The Hall–Kier alpha value is -1.92. The summed E-state index contributed by atoms with van der Waals surface area (Å²) in [6.07, 6.45) is 1.39. The van der Waals surface area contributed by atoms with E-state index >= 15 is 0 Å². The fourth-order valence-corrected chi connectivity index (χ4v) is 2.47. The van der Waals surface area contributed by atoms with Gasteiger partial charge in [0.2, 0.25) is 0 Å². The number of aromatic nitrogens is 3. The van der Waals surface area contributed by atoms with Crippen molar-refractivity contribution < 1.29 is 4.74 Å². The molecule has 6 nitrogen and oxygen atoms in total. The lowest BCUT2D eigenvalue weighted by atomic mass is 10.3. The minimum atomic E-state index is -0.605. The largest absolute Gasteiger partial charge is 0.489 e. The van der Waals surface area contributed by atoms with Gasteiger partial charge in [-0.15, -0.1) is 6.58 Å². The first kappa shape index (κ1) is 16.5. The number of allylic oxidation sites excluding steroid dienone is 1. The lowest BCUT2D eigenvalue weighted by Crippen LogP contribution is -2.25. The van der Waals surface area contributed by atoms with Gasteiger partial charge in [-0.05, 0) is 19.9 Å². The van der Waals surface area contributed by atoms with E-state index in [2.05, 4.69) is 11.6 Å². The maximum atomic E-state index is 12.0. The van der Waals surface area contributed by atoms with Crippen LogP contribution < -0.4 is 16.1 Å². The van der Waals surface area contributed by atoms with Crippen LogP contribution in [0.25, 0.3) is 5.69 Å². The molecular weight excluding hydrogens is 329 g/mol. The van der Waals surface area contributed by atoms with Crippen molar-refractivity contribution in [1.82, 2.24) is 14.3 Å². The van der Waals surface area contributed by atoms with E-state index in [1.54, 1.807) is 0 Å². The van der Waals surface area contributed by atoms with Gasteiger partial charge < -0.3 is 4.74 Å². The Morgan fingerprint density at radius 1 is 1.27 bits per heavy atom. The van der Waals surface area contributed by atoms with Crippen LogP contribution in [-0.2, 0) is 6.54 Å². The van der Waals surface area contributed by atoms with Crippen LogP contribution in [0.2, 0.25) is 10.0 Å². The van der Waals surface area contributed by atoms with E-state index in [1.165, 1.54) is 22.9 Å². The summed E-state index contributed by atoms with van der Waals surface area (Å²) in [4.78, 5) is 26.0. The molecule has 118 valence electrons. The molecule has 1 aromatic carbocycles.